The summed E-state index contributed by atoms with van der Waals surface area (Å²) in [5.74, 6) is -2.31. The zero-order chi connectivity index (χ0) is 25.4. The second kappa shape index (κ2) is 11.4. The number of hydrogen-bond donors (Lipinski definition) is 1. The fourth-order valence-corrected chi connectivity index (χ4v) is 6.74. The third-order valence-corrected chi connectivity index (χ3v) is 8.77. The van der Waals surface area contributed by atoms with Crippen molar-refractivity contribution in [1.82, 2.24) is 9.80 Å². The highest BCUT2D eigenvalue weighted by molar-refractivity contribution is 5.85. The Hall–Kier alpha value is -2.06. The minimum atomic E-state index is -1.02. The van der Waals surface area contributed by atoms with E-state index >= 15 is 0 Å². The van der Waals surface area contributed by atoms with Gasteiger partial charge in [-0.05, 0) is 30.0 Å². The van der Waals surface area contributed by atoms with Crippen LogP contribution in [-0.4, -0.2) is 66.2 Å². The highest BCUT2D eigenvalue weighted by Gasteiger charge is 2.49. The molecule has 0 saturated carbocycles. The lowest BCUT2D eigenvalue weighted by molar-refractivity contribution is -0.152. The Bertz CT molecular complexity index is 1070. The van der Waals surface area contributed by atoms with E-state index in [1.54, 1.807) is 0 Å². The Morgan fingerprint density at radius 3 is 2.24 bits per heavy atom. The summed E-state index contributed by atoms with van der Waals surface area (Å²) in [4.78, 5) is 18.2. The second-order valence-corrected chi connectivity index (χ2v) is 10.9. The minimum absolute atomic E-state index is 0. The smallest absolute Gasteiger partial charge is 0.227 e. The van der Waals surface area contributed by atoms with Crippen LogP contribution in [-0.2, 0) is 15.1 Å². The number of hydrogen-bond acceptors (Lipinski definition) is 4. The van der Waals surface area contributed by atoms with Crippen molar-refractivity contribution in [1.29, 1.82) is 0 Å². The van der Waals surface area contributed by atoms with Gasteiger partial charge in [0.15, 0.2) is 0 Å². The van der Waals surface area contributed by atoms with Crippen molar-refractivity contribution in [3.63, 3.8) is 0 Å². The lowest BCUT2D eigenvalue weighted by Gasteiger charge is -2.48. The molecule has 3 saturated heterocycles. The molecule has 8 heteroatoms. The van der Waals surface area contributed by atoms with Crippen LogP contribution in [0.1, 0.15) is 43.7 Å². The number of amides is 1. The molecule has 3 fully saturated rings. The molecule has 5 atom stereocenters. The Kier molecular flexibility index (Phi) is 8.58. The van der Waals surface area contributed by atoms with E-state index in [2.05, 4.69) is 4.90 Å². The first-order valence-corrected chi connectivity index (χ1v) is 13.1. The van der Waals surface area contributed by atoms with Crippen molar-refractivity contribution in [2.45, 2.75) is 44.2 Å². The van der Waals surface area contributed by atoms with E-state index in [1.165, 1.54) is 12.1 Å². The molecule has 3 heterocycles. The molecule has 0 bridgehead atoms. The van der Waals surface area contributed by atoms with Gasteiger partial charge in [0.1, 0.15) is 11.6 Å². The maximum absolute atomic E-state index is 14.9. The summed E-state index contributed by atoms with van der Waals surface area (Å²) in [6.07, 6.45) is 1.78. The fraction of sp³-hybridized carbons (Fsp3) is 0.552. The molecule has 5 nitrogen and oxygen atoms in total. The number of benzene rings is 2. The molecule has 2 aromatic carbocycles. The third kappa shape index (κ3) is 5.29. The van der Waals surface area contributed by atoms with E-state index in [0.717, 1.165) is 24.5 Å². The predicted octanol–water partition coefficient (Wildman–Crippen LogP) is 4.58. The van der Waals surface area contributed by atoms with Crippen LogP contribution in [0.3, 0.4) is 0 Å². The summed E-state index contributed by atoms with van der Waals surface area (Å²) in [5.41, 5.74) is 0.253. The molecule has 1 N–H and O–H groups in total. The van der Waals surface area contributed by atoms with Gasteiger partial charge in [0.05, 0.1) is 11.5 Å². The first kappa shape index (κ1) is 28.0. The zero-order valence-electron chi connectivity index (χ0n) is 21.5. The average Bonchev–Trinajstić information content (AvgIpc) is 3.32. The lowest BCUT2D eigenvalue weighted by atomic mass is 9.70. The number of piperidine rings is 1. The molecule has 0 radical (unpaired) electrons. The van der Waals surface area contributed by atoms with Gasteiger partial charge >= 0.3 is 0 Å². The Labute approximate surface area is 224 Å². The van der Waals surface area contributed by atoms with Crippen LogP contribution in [0.5, 0.6) is 0 Å². The van der Waals surface area contributed by atoms with Crippen molar-refractivity contribution in [3.05, 3.63) is 71.3 Å². The fourth-order valence-electron chi connectivity index (χ4n) is 6.74. The topological polar surface area (TPSA) is 53.0 Å². The van der Waals surface area contributed by atoms with Gasteiger partial charge in [0.25, 0.3) is 0 Å². The van der Waals surface area contributed by atoms with Gasteiger partial charge in [0, 0.05) is 69.3 Å². The van der Waals surface area contributed by atoms with Crippen LogP contribution in [0.15, 0.2) is 48.5 Å². The van der Waals surface area contributed by atoms with E-state index < -0.39 is 23.2 Å². The zero-order valence-corrected chi connectivity index (χ0v) is 22.3. The molecule has 3 aliphatic heterocycles. The Morgan fingerprint density at radius 1 is 0.973 bits per heavy atom. The largest absolute Gasteiger partial charge is 0.384 e. The van der Waals surface area contributed by atoms with E-state index in [-0.39, 0.29) is 36.1 Å². The van der Waals surface area contributed by atoms with Gasteiger partial charge in [-0.25, -0.2) is 8.78 Å². The van der Waals surface area contributed by atoms with Gasteiger partial charge in [-0.1, -0.05) is 50.2 Å². The summed E-state index contributed by atoms with van der Waals surface area (Å²) in [7, 11) is 0. The molecular formula is C29H37ClF2N2O3. The number of likely N-dealkylation sites (tertiary alicyclic amines) is 2. The van der Waals surface area contributed by atoms with Crippen LogP contribution in [0, 0.1) is 29.4 Å². The van der Waals surface area contributed by atoms with E-state index in [9.17, 15) is 18.7 Å². The van der Waals surface area contributed by atoms with Crippen molar-refractivity contribution >= 4 is 18.3 Å². The summed E-state index contributed by atoms with van der Waals surface area (Å²) < 4.78 is 34.1. The summed E-state index contributed by atoms with van der Waals surface area (Å²) in [5, 5.41) is 11.7. The predicted molar refractivity (Wildman–Crippen MR) is 140 cm³/mol. The standard InChI is InChI=1S/C29H36F2N2O3.ClH/c1-19-15-33(16-20(2)29(19,35)21-6-4-3-5-7-21)28(34)26-18-32(23-10-12-36-13-11-23)17-25(26)24-9-8-22(30)14-27(24)31;/h3-9,14,19-20,23,25-26,35H,10-13,15-18H2,1-2H3;1H/t19-,20+,25-,26+,29?;/m0./s1. The summed E-state index contributed by atoms with van der Waals surface area (Å²) in [6, 6.07) is 13.7. The lowest BCUT2D eigenvalue weighted by Crippen LogP contribution is -2.57. The van der Waals surface area contributed by atoms with Crippen LogP contribution < -0.4 is 0 Å². The van der Waals surface area contributed by atoms with Gasteiger partial charge in [-0.2, -0.15) is 0 Å². The molecule has 5 rings (SSSR count). The van der Waals surface area contributed by atoms with E-state index in [0.29, 0.717) is 51.0 Å². The SMILES string of the molecule is C[C@@H]1CN(C(=O)[C@@H]2CN(C3CCOCC3)C[C@H]2c2ccc(F)cc2F)C[C@H](C)C1(O)c1ccccc1.Cl. The highest BCUT2D eigenvalue weighted by Crippen LogP contribution is 2.43. The quantitative estimate of drug-likeness (QED) is 0.624. The molecular weight excluding hydrogens is 498 g/mol. The maximum atomic E-state index is 14.9. The number of nitrogens with zero attached hydrogens (tertiary/aromatic N) is 2. The number of aliphatic hydroxyl groups is 1. The summed E-state index contributed by atoms with van der Waals surface area (Å²) >= 11 is 0. The first-order valence-electron chi connectivity index (χ1n) is 13.1. The molecule has 2 aromatic rings. The number of carbonyl (C=O) groups excluding carboxylic acids is 1. The van der Waals surface area contributed by atoms with Crippen LogP contribution in [0.4, 0.5) is 8.78 Å². The van der Waals surface area contributed by atoms with Crippen molar-refractivity contribution in [2.24, 2.45) is 17.8 Å². The average molecular weight is 535 g/mol. The molecule has 0 aromatic heterocycles. The minimum Gasteiger partial charge on any atom is -0.384 e. The molecule has 1 unspecified atom stereocenters. The Balaban J connectivity index is 0.00000320. The van der Waals surface area contributed by atoms with Crippen molar-refractivity contribution in [2.75, 3.05) is 39.4 Å². The van der Waals surface area contributed by atoms with Crippen LogP contribution in [0.25, 0.3) is 0 Å². The van der Waals surface area contributed by atoms with Crippen molar-refractivity contribution < 1.29 is 23.4 Å². The molecule has 0 spiro atoms. The second-order valence-electron chi connectivity index (χ2n) is 10.9. The van der Waals surface area contributed by atoms with Gasteiger partial charge in [-0.3, -0.25) is 9.69 Å². The first-order chi connectivity index (χ1) is 17.3. The third-order valence-electron chi connectivity index (χ3n) is 8.77. The van der Waals surface area contributed by atoms with Crippen LogP contribution >= 0.6 is 12.4 Å². The molecule has 3 aliphatic rings. The number of rotatable bonds is 4. The molecule has 0 aliphatic carbocycles. The van der Waals surface area contributed by atoms with E-state index in [4.69, 9.17) is 4.74 Å². The molecule has 37 heavy (non-hydrogen) atoms. The van der Waals surface area contributed by atoms with Gasteiger partial charge < -0.3 is 14.7 Å². The van der Waals surface area contributed by atoms with Gasteiger partial charge in [-0.15, -0.1) is 12.4 Å². The summed E-state index contributed by atoms with van der Waals surface area (Å²) in [6.45, 7) is 7.33. The van der Waals surface area contributed by atoms with Crippen LogP contribution in [0.2, 0.25) is 0 Å². The van der Waals surface area contributed by atoms with Crippen molar-refractivity contribution in [3.8, 4) is 0 Å². The normalized spacial score (nSPS) is 31.2. The number of ether oxygens (including phenoxy) is 1. The van der Waals surface area contributed by atoms with E-state index in [1.807, 2.05) is 49.1 Å². The number of carbonyl (C=O) groups is 1. The van der Waals surface area contributed by atoms with Gasteiger partial charge in [0.2, 0.25) is 5.91 Å². The molecule has 1 amide bonds. The monoisotopic (exact) mass is 534 g/mol. The Morgan fingerprint density at radius 2 is 1.62 bits per heavy atom. The highest BCUT2D eigenvalue weighted by atomic mass is 35.5. The number of halogens is 3. The molecule has 202 valence electrons. The maximum Gasteiger partial charge on any atom is 0.227 e.